The summed E-state index contributed by atoms with van der Waals surface area (Å²) in [7, 11) is 0. The minimum atomic E-state index is 0.00412. The molecule has 0 saturated heterocycles. The van der Waals surface area contributed by atoms with Gasteiger partial charge in [-0.1, -0.05) is 31.2 Å². The molecule has 132 valence electrons. The second-order valence-corrected chi connectivity index (χ2v) is 7.63. The monoisotopic (exact) mass is 363 g/mol. The summed E-state index contributed by atoms with van der Waals surface area (Å²) in [5.74, 6) is 0.119. The van der Waals surface area contributed by atoms with Crippen LogP contribution >= 0.6 is 11.3 Å². The van der Waals surface area contributed by atoms with Crippen LogP contribution in [0.25, 0.3) is 10.7 Å². The Morgan fingerprint density at radius 1 is 1.23 bits per heavy atom. The molecule has 2 aromatic heterocycles. The van der Waals surface area contributed by atoms with Crippen molar-refractivity contribution in [2.24, 2.45) is 5.92 Å². The van der Waals surface area contributed by atoms with Crippen molar-refractivity contribution in [3.8, 4) is 10.7 Å². The molecule has 2 heterocycles. The number of aryl methyl sites for hydroxylation is 2. The van der Waals surface area contributed by atoms with E-state index in [1.165, 1.54) is 10.4 Å². The lowest BCUT2D eigenvalue weighted by molar-refractivity contribution is -0.120. The highest BCUT2D eigenvalue weighted by Gasteiger charge is 2.28. The summed E-state index contributed by atoms with van der Waals surface area (Å²) in [6, 6.07) is 13.9. The number of hydrogen-bond donors (Lipinski definition) is 1. The van der Waals surface area contributed by atoms with Crippen molar-refractivity contribution in [3.05, 3.63) is 64.8 Å². The molecular weight excluding hydrogens is 342 g/mol. The molecule has 0 saturated carbocycles. The minimum absolute atomic E-state index is 0.00412. The van der Waals surface area contributed by atoms with Crippen molar-refractivity contribution < 1.29 is 4.79 Å². The third-order valence-electron chi connectivity index (χ3n) is 4.85. The molecule has 0 spiro atoms. The molecule has 0 aliphatic heterocycles. The summed E-state index contributed by atoms with van der Waals surface area (Å²) in [5.41, 5.74) is 4.15. The van der Waals surface area contributed by atoms with Gasteiger partial charge in [0.05, 0.1) is 11.4 Å². The Hall–Kier alpha value is -2.53. The molecule has 1 N–H and O–H groups in total. The highest BCUT2D eigenvalue weighted by atomic mass is 32.1. The molecule has 4 nitrogen and oxygen atoms in total. The van der Waals surface area contributed by atoms with Crippen LogP contribution in [0.15, 0.2) is 48.7 Å². The molecule has 4 rings (SSSR count). The smallest absolute Gasteiger partial charge is 0.227 e. The van der Waals surface area contributed by atoms with Gasteiger partial charge in [0.25, 0.3) is 0 Å². The summed E-state index contributed by atoms with van der Waals surface area (Å²) in [5, 5.41) is 4.09. The van der Waals surface area contributed by atoms with Gasteiger partial charge in [-0.3, -0.25) is 9.78 Å². The summed E-state index contributed by atoms with van der Waals surface area (Å²) >= 11 is 1.67. The molecule has 26 heavy (non-hydrogen) atoms. The molecule has 1 atom stereocenters. The van der Waals surface area contributed by atoms with Gasteiger partial charge in [-0.05, 0) is 49.4 Å². The average molecular weight is 363 g/mol. The number of thiazole rings is 1. The molecular formula is C21H21N3OS. The van der Waals surface area contributed by atoms with E-state index in [-0.39, 0.29) is 11.8 Å². The van der Waals surface area contributed by atoms with Gasteiger partial charge in [0.1, 0.15) is 5.01 Å². The number of fused-ring (bicyclic) bond motifs is 1. The van der Waals surface area contributed by atoms with Gasteiger partial charge in [-0.15, -0.1) is 11.3 Å². The zero-order valence-electron chi connectivity index (χ0n) is 14.7. The Balaban J connectivity index is 1.50. The largest absolute Gasteiger partial charge is 0.326 e. The molecule has 1 aromatic carbocycles. The fraction of sp³-hybridized carbons (Fsp3) is 0.286. The minimum Gasteiger partial charge on any atom is -0.326 e. The number of aromatic nitrogens is 2. The van der Waals surface area contributed by atoms with Gasteiger partial charge in [0, 0.05) is 22.7 Å². The first-order chi connectivity index (χ1) is 12.7. The van der Waals surface area contributed by atoms with Crippen LogP contribution in [0.1, 0.15) is 29.5 Å². The number of nitrogens with one attached hydrogen (secondary N) is 1. The number of pyridine rings is 1. The number of para-hydroxylation sites is 1. The third-order valence-corrected chi connectivity index (χ3v) is 5.99. The van der Waals surface area contributed by atoms with Crippen molar-refractivity contribution in [3.63, 3.8) is 0 Å². The lowest BCUT2D eigenvalue weighted by Crippen LogP contribution is -2.28. The fourth-order valence-electron chi connectivity index (χ4n) is 3.38. The zero-order chi connectivity index (χ0) is 17.9. The van der Waals surface area contributed by atoms with E-state index in [1.807, 2.05) is 36.4 Å². The van der Waals surface area contributed by atoms with Crippen LogP contribution in [0.2, 0.25) is 0 Å². The maximum absolute atomic E-state index is 12.8. The number of anilines is 1. The third kappa shape index (κ3) is 3.40. The summed E-state index contributed by atoms with van der Waals surface area (Å²) in [4.78, 5) is 23.1. The second kappa shape index (κ2) is 7.38. The highest BCUT2D eigenvalue weighted by molar-refractivity contribution is 7.15. The Bertz CT molecular complexity index is 920. The van der Waals surface area contributed by atoms with E-state index in [2.05, 4.69) is 23.3 Å². The number of nitrogens with zero attached hydrogens (tertiary/aromatic N) is 2. The van der Waals surface area contributed by atoms with E-state index in [0.29, 0.717) is 0 Å². The maximum atomic E-state index is 12.8. The average Bonchev–Trinajstić information content (AvgIpc) is 3.12. The Kier molecular flexibility index (Phi) is 4.80. The number of rotatable bonds is 4. The number of carbonyl (C=O) groups is 1. The molecule has 0 bridgehead atoms. The van der Waals surface area contributed by atoms with E-state index in [0.717, 1.165) is 47.8 Å². The zero-order valence-corrected chi connectivity index (χ0v) is 15.6. The van der Waals surface area contributed by atoms with Crippen LogP contribution in [0.3, 0.4) is 0 Å². The Labute approximate surface area is 157 Å². The lowest BCUT2D eigenvalue weighted by atomic mass is 9.90. The Morgan fingerprint density at radius 2 is 2.08 bits per heavy atom. The molecule has 0 radical (unpaired) electrons. The molecule has 1 unspecified atom stereocenters. The molecule has 0 fully saturated rings. The number of amides is 1. The lowest BCUT2D eigenvalue weighted by Gasteiger charge is -2.21. The quantitative estimate of drug-likeness (QED) is 0.742. The topological polar surface area (TPSA) is 54.9 Å². The molecule has 1 amide bonds. The predicted molar refractivity (Wildman–Crippen MR) is 105 cm³/mol. The van der Waals surface area contributed by atoms with E-state index in [4.69, 9.17) is 4.98 Å². The Morgan fingerprint density at radius 3 is 2.88 bits per heavy atom. The van der Waals surface area contributed by atoms with E-state index in [9.17, 15) is 4.79 Å². The number of benzene rings is 1. The molecule has 1 aliphatic carbocycles. The molecule has 1 aliphatic rings. The second-order valence-electron chi connectivity index (χ2n) is 6.54. The van der Waals surface area contributed by atoms with Gasteiger partial charge >= 0.3 is 0 Å². The fourth-order valence-corrected chi connectivity index (χ4v) is 4.55. The predicted octanol–water partition coefficient (Wildman–Crippen LogP) is 4.51. The summed E-state index contributed by atoms with van der Waals surface area (Å²) in [6.45, 7) is 2.11. The van der Waals surface area contributed by atoms with E-state index >= 15 is 0 Å². The van der Waals surface area contributed by atoms with Crippen LogP contribution in [0.4, 0.5) is 5.69 Å². The standard InChI is InChI=1S/C21H21N3OS/c1-2-14-7-3-4-8-16(14)23-20(25)15-10-11-17-19(13-15)26-21(24-17)18-9-5-6-12-22-18/h3-9,12,15H,2,10-11,13H2,1H3,(H,23,25). The normalized spacial score (nSPS) is 16.1. The molecule has 3 aromatic rings. The SMILES string of the molecule is CCc1ccccc1NC(=O)C1CCc2nc(-c3ccccn3)sc2C1. The maximum Gasteiger partial charge on any atom is 0.227 e. The summed E-state index contributed by atoms with van der Waals surface area (Å²) < 4.78 is 0. The first kappa shape index (κ1) is 16.9. The van der Waals surface area contributed by atoms with Gasteiger partial charge < -0.3 is 5.32 Å². The number of carbonyl (C=O) groups excluding carboxylic acids is 1. The van der Waals surface area contributed by atoms with Gasteiger partial charge in [-0.25, -0.2) is 4.98 Å². The summed E-state index contributed by atoms with van der Waals surface area (Å²) in [6.07, 6.45) is 5.16. The van der Waals surface area contributed by atoms with Crippen molar-refractivity contribution in [2.75, 3.05) is 5.32 Å². The first-order valence-corrected chi connectivity index (χ1v) is 9.85. The highest BCUT2D eigenvalue weighted by Crippen LogP contribution is 2.34. The molecule has 5 heteroatoms. The van der Waals surface area contributed by atoms with Crippen molar-refractivity contribution in [2.45, 2.75) is 32.6 Å². The van der Waals surface area contributed by atoms with Crippen LogP contribution in [-0.2, 0) is 24.1 Å². The van der Waals surface area contributed by atoms with E-state index < -0.39 is 0 Å². The van der Waals surface area contributed by atoms with Crippen molar-refractivity contribution >= 4 is 22.9 Å². The number of hydrogen-bond acceptors (Lipinski definition) is 4. The van der Waals surface area contributed by atoms with Crippen LogP contribution in [-0.4, -0.2) is 15.9 Å². The van der Waals surface area contributed by atoms with Gasteiger partial charge in [0.15, 0.2) is 0 Å². The van der Waals surface area contributed by atoms with Gasteiger partial charge in [-0.2, -0.15) is 0 Å². The van der Waals surface area contributed by atoms with Crippen LogP contribution in [0.5, 0.6) is 0 Å². The van der Waals surface area contributed by atoms with Crippen molar-refractivity contribution in [1.29, 1.82) is 0 Å². The van der Waals surface area contributed by atoms with Crippen LogP contribution < -0.4 is 5.32 Å². The first-order valence-electron chi connectivity index (χ1n) is 9.03. The van der Waals surface area contributed by atoms with Gasteiger partial charge in [0.2, 0.25) is 5.91 Å². The van der Waals surface area contributed by atoms with E-state index in [1.54, 1.807) is 17.5 Å². The van der Waals surface area contributed by atoms with Crippen molar-refractivity contribution in [1.82, 2.24) is 9.97 Å². The van der Waals surface area contributed by atoms with Crippen LogP contribution in [0, 0.1) is 5.92 Å².